The summed E-state index contributed by atoms with van der Waals surface area (Å²) in [7, 11) is 0. The number of nitrogens with one attached hydrogen (secondary N) is 2. The normalized spacial score (nSPS) is 9.95. The van der Waals surface area contributed by atoms with Crippen LogP contribution in [-0.2, 0) is 11.3 Å². The molecule has 1 heterocycles. The first-order valence-corrected chi connectivity index (χ1v) is 5.90. The van der Waals surface area contributed by atoms with E-state index in [9.17, 15) is 9.18 Å². The number of anilines is 1. The molecule has 19 heavy (non-hydrogen) atoms. The number of aromatic nitrogens is 1. The molecule has 0 saturated carbocycles. The van der Waals surface area contributed by atoms with Crippen LogP contribution in [0.25, 0.3) is 0 Å². The lowest BCUT2D eigenvalue weighted by atomic mass is 10.2. The Hall–Kier alpha value is -2.43. The number of halogens is 1. The molecule has 2 aromatic rings. The van der Waals surface area contributed by atoms with E-state index in [1.807, 2.05) is 30.3 Å². The number of nitrogens with zero attached hydrogens (tertiary/aromatic N) is 1. The van der Waals surface area contributed by atoms with Gasteiger partial charge in [0.1, 0.15) is 11.6 Å². The van der Waals surface area contributed by atoms with Crippen LogP contribution >= 0.6 is 0 Å². The van der Waals surface area contributed by atoms with E-state index >= 15 is 0 Å². The molecule has 0 radical (unpaired) electrons. The van der Waals surface area contributed by atoms with Gasteiger partial charge in [0.15, 0.2) is 0 Å². The first kappa shape index (κ1) is 13.0. The van der Waals surface area contributed by atoms with E-state index < -0.39 is 5.82 Å². The van der Waals surface area contributed by atoms with Crippen LogP contribution in [0.2, 0.25) is 0 Å². The molecule has 0 spiro atoms. The SMILES string of the molecule is O=C(CNc1ccc(F)cn1)NCc1ccccc1. The number of hydrogen-bond donors (Lipinski definition) is 2. The Bertz CT molecular complexity index is 528. The van der Waals surface area contributed by atoms with Gasteiger partial charge in [0.25, 0.3) is 0 Å². The van der Waals surface area contributed by atoms with Crippen LogP contribution in [-0.4, -0.2) is 17.4 Å². The average Bonchev–Trinajstić information content (AvgIpc) is 2.45. The lowest BCUT2D eigenvalue weighted by Crippen LogP contribution is -2.29. The molecule has 0 fully saturated rings. The van der Waals surface area contributed by atoms with Crippen LogP contribution in [0.4, 0.5) is 10.2 Å². The zero-order valence-electron chi connectivity index (χ0n) is 10.3. The minimum atomic E-state index is -0.404. The molecule has 1 amide bonds. The molecule has 2 N–H and O–H groups in total. The van der Waals surface area contributed by atoms with Gasteiger partial charge in [0.2, 0.25) is 5.91 Å². The second kappa shape index (κ2) is 6.49. The number of hydrogen-bond acceptors (Lipinski definition) is 3. The molecule has 98 valence electrons. The van der Waals surface area contributed by atoms with Crippen molar-refractivity contribution in [1.29, 1.82) is 0 Å². The zero-order chi connectivity index (χ0) is 13.5. The molecule has 4 nitrogen and oxygen atoms in total. The number of rotatable bonds is 5. The molecule has 0 aliphatic heterocycles. The third-order valence-corrected chi connectivity index (χ3v) is 2.49. The highest BCUT2D eigenvalue weighted by atomic mass is 19.1. The second-order valence-electron chi connectivity index (χ2n) is 3.98. The molecule has 1 aromatic carbocycles. The average molecular weight is 259 g/mol. The van der Waals surface area contributed by atoms with Gasteiger partial charge >= 0.3 is 0 Å². The maximum Gasteiger partial charge on any atom is 0.239 e. The Morgan fingerprint density at radius 1 is 1.16 bits per heavy atom. The number of amides is 1. The molecule has 0 aliphatic rings. The van der Waals surface area contributed by atoms with Gasteiger partial charge in [-0.3, -0.25) is 4.79 Å². The number of carbonyl (C=O) groups is 1. The van der Waals surface area contributed by atoms with Crippen molar-refractivity contribution in [3.8, 4) is 0 Å². The van der Waals surface area contributed by atoms with Crippen LogP contribution in [0.3, 0.4) is 0 Å². The highest BCUT2D eigenvalue weighted by Crippen LogP contribution is 2.02. The summed E-state index contributed by atoms with van der Waals surface area (Å²) in [5.74, 6) is -0.0784. The summed E-state index contributed by atoms with van der Waals surface area (Å²) >= 11 is 0. The standard InChI is InChI=1S/C14H14FN3O/c15-12-6-7-13(16-9-12)17-10-14(19)18-8-11-4-2-1-3-5-11/h1-7,9H,8,10H2,(H,16,17)(H,18,19). The molecule has 2 rings (SSSR count). The highest BCUT2D eigenvalue weighted by Gasteiger charge is 2.01. The van der Waals surface area contributed by atoms with Crippen LogP contribution < -0.4 is 10.6 Å². The molecule has 5 heteroatoms. The lowest BCUT2D eigenvalue weighted by molar-refractivity contribution is -0.119. The Labute approximate surface area is 110 Å². The fourth-order valence-electron chi connectivity index (χ4n) is 1.51. The van der Waals surface area contributed by atoms with Gasteiger partial charge in [-0.2, -0.15) is 0 Å². The van der Waals surface area contributed by atoms with Crippen LogP contribution in [0.5, 0.6) is 0 Å². The van der Waals surface area contributed by atoms with Crippen LogP contribution in [0.1, 0.15) is 5.56 Å². The first-order chi connectivity index (χ1) is 9.24. The Morgan fingerprint density at radius 2 is 1.95 bits per heavy atom. The van der Waals surface area contributed by atoms with Crippen molar-refractivity contribution in [3.05, 3.63) is 60.0 Å². The summed E-state index contributed by atoms with van der Waals surface area (Å²) in [6, 6.07) is 12.4. The summed E-state index contributed by atoms with van der Waals surface area (Å²) in [6.45, 7) is 0.587. The highest BCUT2D eigenvalue weighted by molar-refractivity contribution is 5.80. The van der Waals surface area contributed by atoms with Crippen molar-refractivity contribution in [2.75, 3.05) is 11.9 Å². The quantitative estimate of drug-likeness (QED) is 0.863. The van der Waals surface area contributed by atoms with E-state index in [1.165, 1.54) is 12.1 Å². The van der Waals surface area contributed by atoms with Crippen molar-refractivity contribution in [2.45, 2.75) is 6.54 Å². The number of carbonyl (C=O) groups excluding carboxylic acids is 1. The maximum atomic E-state index is 12.6. The monoisotopic (exact) mass is 259 g/mol. The van der Waals surface area contributed by atoms with Gasteiger partial charge in [0, 0.05) is 6.54 Å². The summed E-state index contributed by atoms with van der Waals surface area (Å²) in [6.07, 6.45) is 1.10. The van der Waals surface area contributed by atoms with Crippen molar-refractivity contribution >= 4 is 11.7 Å². The fourth-order valence-corrected chi connectivity index (χ4v) is 1.51. The van der Waals surface area contributed by atoms with Gasteiger partial charge in [-0.15, -0.1) is 0 Å². The van der Waals surface area contributed by atoms with E-state index in [0.717, 1.165) is 11.8 Å². The lowest BCUT2D eigenvalue weighted by Gasteiger charge is -2.07. The Morgan fingerprint density at radius 3 is 2.63 bits per heavy atom. The van der Waals surface area contributed by atoms with Crippen molar-refractivity contribution in [1.82, 2.24) is 10.3 Å². The van der Waals surface area contributed by atoms with Crippen molar-refractivity contribution in [3.63, 3.8) is 0 Å². The summed E-state index contributed by atoms with van der Waals surface area (Å²) < 4.78 is 12.6. The molecule has 0 atom stereocenters. The third-order valence-electron chi connectivity index (χ3n) is 2.49. The molecular weight excluding hydrogens is 245 g/mol. The largest absolute Gasteiger partial charge is 0.361 e. The molecule has 0 unspecified atom stereocenters. The number of benzene rings is 1. The zero-order valence-corrected chi connectivity index (χ0v) is 10.3. The number of pyridine rings is 1. The van der Waals surface area contributed by atoms with E-state index in [4.69, 9.17) is 0 Å². The molecule has 1 aromatic heterocycles. The van der Waals surface area contributed by atoms with Gasteiger partial charge in [-0.25, -0.2) is 9.37 Å². The van der Waals surface area contributed by atoms with Crippen LogP contribution in [0, 0.1) is 5.82 Å². The summed E-state index contributed by atoms with van der Waals surface area (Å²) in [5.41, 5.74) is 1.04. The first-order valence-electron chi connectivity index (χ1n) is 5.90. The minimum Gasteiger partial charge on any atom is -0.361 e. The Balaban J connectivity index is 1.74. The molecule has 0 bridgehead atoms. The summed E-state index contributed by atoms with van der Waals surface area (Å²) in [5, 5.41) is 5.60. The second-order valence-corrected chi connectivity index (χ2v) is 3.98. The molecule has 0 saturated heterocycles. The van der Waals surface area contributed by atoms with Crippen molar-refractivity contribution < 1.29 is 9.18 Å². The molecule has 0 aliphatic carbocycles. The van der Waals surface area contributed by atoms with E-state index in [-0.39, 0.29) is 12.5 Å². The topological polar surface area (TPSA) is 54.0 Å². The fraction of sp³-hybridized carbons (Fsp3) is 0.143. The van der Waals surface area contributed by atoms with Crippen LogP contribution in [0.15, 0.2) is 48.7 Å². The Kier molecular flexibility index (Phi) is 4.44. The van der Waals surface area contributed by atoms with E-state index in [2.05, 4.69) is 15.6 Å². The maximum absolute atomic E-state index is 12.6. The van der Waals surface area contributed by atoms with E-state index in [1.54, 1.807) is 0 Å². The van der Waals surface area contributed by atoms with Gasteiger partial charge in [-0.1, -0.05) is 30.3 Å². The molecular formula is C14H14FN3O. The third kappa shape index (κ3) is 4.39. The van der Waals surface area contributed by atoms with Gasteiger partial charge in [0.05, 0.1) is 12.7 Å². The predicted molar refractivity (Wildman–Crippen MR) is 71.0 cm³/mol. The smallest absolute Gasteiger partial charge is 0.239 e. The van der Waals surface area contributed by atoms with Crippen molar-refractivity contribution in [2.24, 2.45) is 0 Å². The summed E-state index contributed by atoms with van der Waals surface area (Å²) in [4.78, 5) is 15.4. The predicted octanol–water partition coefficient (Wildman–Crippen LogP) is 1.95. The van der Waals surface area contributed by atoms with Gasteiger partial charge in [-0.05, 0) is 17.7 Å². The minimum absolute atomic E-state index is 0.103. The van der Waals surface area contributed by atoms with E-state index in [0.29, 0.717) is 12.4 Å². The van der Waals surface area contributed by atoms with Gasteiger partial charge < -0.3 is 10.6 Å².